The molecule has 1 aromatic heterocycles. The molecule has 0 radical (unpaired) electrons. The van der Waals surface area contributed by atoms with E-state index in [2.05, 4.69) is 29.0 Å². The number of benzene rings is 1. The molecule has 4 heteroatoms. The molecule has 2 rings (SSSR count). The lowest BCUT2D eigenvalue weighted by atomic mass is 10.1. The molecule has 0 aliphatic heterocycles. The van der Waals surface area contributed by atoms with Crippen LogP contribution in [0.25, 0.3) is 10.1 Å². The number of aryl methyl sites for hydroxylation is 1. The molecular formula is C13H13NO2S. The Bertz CT molecular complexity index is 598. The van der Waals surface area contributed by atoms with Gasteiger partial charge in [-0.2, -0.15) is 0 Å². The van der Waals surface area contributed by atoms with E-state index < -0.39 is 5.97 Å². The molecule has 0 spiro atoms. The van der Waals surface area contributed by atoms with Crippen molar-refractivity contribution >= 4 is 33.1 Å². The molecule has 2 aromatic rings. The van der Waals surface area contributed by atoms with E-state index in [1.54, 1.807) is 11.3 Å². The molecule has 0 atom stereocenters. The molecule has 0 aliphatic rings. The Hall–Kier alpha value is -1.68. The monoisotopic (exact) mass is 247 g/mol. The van der Waals surface area contributed by atoms with Gasteiger partial charge < -0.3 is 4.84 Å². The molecule has 0 bridgehead atoms. The minimum Gasteiger partial charge on any atom is -0.318 e. The third-order valence-electron chi connectivity index (χ3n) is 2.48. The number of hydrogen-bond donors (Lipinski definition) is 0. The van der Waals surface area contributed by atoms with Crippen molar-refractivity contribution in [2.75, 3.05) is 0 Å². The van der Waals surface area contributed by atoms with Gasteiger partial charge in [0.1, 0.15) is 0 Å². The summed E-state index contributed by atoms with van der Waals surface area (Å²) >= 11 is 1.66. The Morgan fingerprint density at radius 1 is 1.29 bits per heavy atom. The van der Waals surface area contributed by atoms with E-state index in [9.17, 15) is 4.79 Å². The first-order valence-corrected chi connectivity index (χ1v) is 6.12. The minimum absolute atomic E-state index is 0.400. The lowest BCUT2D eigenvalue weighted by Crippen LogP contribution is -1.98. The highest BCUT2D eigenvalue weighted by Crippen LogP contribution is 2.30. The predicted octanol–water partition coefficient (Wildman–Crippen LogP) is 3.50. The zero-order valence-electron chi connectivity index (χ0n) is 9.98. The van der Waals surface area contributed by atoms with Gasteiger partial charge in [-0.15, -0.1) is 11.3 Å². The quantitative estimate of drug-likeness (QED) is 0.463. The molecular weight excluding hydrogens is 234 g/mol. The van der Waals surface area contributed by atoms with Crippen LogP contribution in [-0.2, 0) is 9.63 Å². The lowest BCUT2D eigenvalue weighted by molar-refractivity contribution is -0.140. The average molecular weight is 247 g/mol. The fraction of sp³-hybridized carbons (Fsp3) is 0.231. The van der Waals surface area contributed by atoms with Crippen molar-refractivity contribution in [2.24, 2.45) is 5.16 Å². The molecule has 3 nitrogen and oxygen atoms in total. The molecule has 0 fully saturated rings. The highest BCUT2D eigenvalue weighted by molar-refractivity contribution is 7.21. The van der Waals surface area contributed by atoms with Crippen LogP contribution in [0.5, 0.6) is 0 Å². The van der Waals surface area contributed by atoms with Gasteiger partial charge in [-0.25, -0.2) is 4.79 Å². The van der Waals surface area contributed by atoms with E-state index in [1.165, 1.54) is 22.6 Å². The Morgan fingerprint density at radius 2 is 2.00 bits per heavy atom. The number of oxime groups is 1. The smallest absolute Gasteiger partial charge is 0.318 e. The largest absolute Gasteiger partial charge is 0.331 e. The third kappa shape index (κ3) is 2.36. The van der Waals surface area contributed by atoms with Crippen molar-refractivity contribution in [3.8, 4) is 0 Å². The van der Waals surface area contributed by atoms with Crippen molar-refractivity contribution in [3.63, 3.8) is 0 Å². The normalized spacial score (nSPS) is 11.8. The van der Waals surface area contributed by atoms with Gasteiger partial charge in [-0.3, -0.25) is 0 Å². The molecule has 0 amide bonds. The van der Waals surface area contributed by atoms with Crippen molar-refractivity contribution in [1.29, 1.82) is 0 Å². The van der Waals surface area contributed by atoms with Gasteiger partial charge in [0, 0.05) is 11.6 Å². The summed E-state index contributed by atoms with van der Waals surface area (Å²) in [6.07, 6.45) is 0. The summed E-state index contributed by atoms with van der Waals surface area (Å²) < 4.78 is 1.22. The van der Waals surface area contributed by atoms with Crippen molar-refractivity contribution in [2.45, 2.75) is 20.8 Å². The minimum atomic E-state index is -0.400. The number of rotatable bonds is 2. The Labute approximate surface area is 104 Å². The molecule has 17 heavy (non-hydrogen) atoms. The second kappa shape index (κ2) is 4.67. The maximum Gasteiger partial charge on any atom is 0.331 e. The maximum absolute atomic E-state index is 10.7. The first-order valence-electron chi connectivity index (χ1n) is 5.30. The van der Waals surface area contributed by atoms with Crippen LogP contribution in [0.15, 0.2) is 29.4 Å². The van der Waals surface area contributed by atoms with Gasteiger partial charge in [0.2, 0.25) is 0 Å². The maximum atomic E-state index is 10.7. The zero-order chi connectivity index (χ0) is 12.4. The molecule has 1 heterocycles. The van der Waals surface area contributed by atoms with Crippen molar-refractivity contribution < 1.29 is 9.63 Å². The van der Waals surface area contributed by atoms with Crippen molar-refractivity contribution in [3.05, 3.63) is 34.7 Å². The number of carbonyl (C=O) groups excluding carboxylic acids is 1. The predicted molar refractivity (Wildman–Crippen MR) is 70.5 cm³/mol. The molecule has 88 valence electrons. The van der Waals surface area contributed by atoms with Gasteiger partial charge in [0.05, 0.1) is 10.6 Å². The Kier molecular flexibility index (Phi) is 3.24. The van der Waals surface area contributed by atoms with Crippen LogP contribution in [0, 0.1) is 6.92 Å². The number of hydrogen-bond acceptors (Lipinski definition) is 4. The molecule has 0 aliphatic carbocycles. The fourth-order valence-electron chi connectivity index (χ4n) is 1.69. The SMILES string of the molecule is CC(=O)O/N=C(\C)c1sc2ccccc2c1C. The van der Waals surface area contributed by atoms with E-state index in [0.29, 0.717) is 0 Å². The highest BCUT2D eigenvalue weighted by Gasteiger charge is 2.10. The van der Waals surface area contributed by atoms with Gasteiger partial charge in [0.25, 0.3) is 0 Å². The topological polar surface area (TPSA) is 38.7 Å². The van der Waals surface area contributed by atoms with E-state index in [1.807, 2.05) is 19.1 Å². The van der Waals surface area contributed by atoms with Crippen LogP contribution in [0.4, 0.5) is 0 Å². The first-order chi connectivity index (χ1) is 8.09. The standard InChI is InChI=1S/C13H13NO2S/c1-8-11-6-4-5-7-12(11)17-13(8)9(2)14-16-10(3)15/h4-7H,1-3H3/b14-9+. The van der Waals surface area contributed by atoms with E-state index >= 15 is 0 Å². The molecule has 0 N–H and O–H groups in total. The highest BCUT2D eigenvalue weighted by atomic mass is 32.1. The van der Waals surface area contributed by atoms with Crippen LogP contribution in [0.2, 0.25) is 0 Å². The van der Waals surface area contributed by atoms with Crippen LogP contribution < -0.4 is 0 Å². The lowest BCUT2D eigenvalue weighted by Gasteiger charge is -1.97. The van der Waals surface area contributed by atoms with Gasteiger partial charge in [-0.1, -0.05) is 23.4 Å². The summed E-state index contributed by atoms with van der Waals surface area (Å²) in [6, 6.07) is 8.20. The number of nitrogens with zero attached hydrogens (tertiary/aromatic N) is 1. The fourth-order valence-corrected chi connectivity index (χ4v) is 2.84. The third-order valence-corrected chi connectivity index (χ3v) is 3.87. The second-order valence-corrected chi connectivity index (χ2v) is 4.86. The Morgan fingerprint density at radius 3 is 2.65 bits per heavy atom. The average Bonchev–Trinajstić information content (AvgIpc) is 2.64. The van der Waals surface area contributed by atoms with Gasteiger partial charge >= 0.3 is 5.97 Å². The summed E-state index contributed by atoms with van der Waals surface area (Å²) in [5.74, 6) is -0.400. The summed E-state index contributed by atoms with van der Waals surface area (Å²) in [7, 11) is 0. The summed E-state index contributed by atoms with van der Waals surface area (Å²) in [5, 5.41) is 5.05. The van der Waals surface area contributed by atoms with E-state index in [4.69, 9.17) is 0 Å². The van der Waals surface area contributed by atoms with Crippen LogP contribution in [-0.4, -0.2) is 11.7 Å². The number of fused-ring (bicyclic) bond motifs is 1. The van der Waals surface area contributed by atoms with E-state index in [-0.39, 0.29) is 0 Å². The second-order valence-electron chi connectivity index (χ2n) is 3.81. The molecule has 1 aromatic carbocycles. The number of thiophene rings is 1. The van der Waals surface area contributed by atoms with Crippen LogP contribution >= 0.6 is 11.3 Å². The summed E-state index contributed by atoms with van der Waals surface area (Å²) in [5.41, 5.74) is 1.91. The van der Waals surface area contributed by atoms with Gasteiger partial charge in [0.15, 0.2) is 0 Å². The van der Waals surface area contributed by atoms with Crippen LogP contribution in [0.1, 0.15) is 24.3 Å². The Balaban J connectivity index is 2.45. The zero-order valence-corrected chi connectivity index (χ0v) is 10.8. The molecule has 0 unspecified atom stereocenters. The van der Waals surface area contributed by atoms with Gasteiger partial charge in [-0.05, 0) is 30.9 Å². The van der Waals surface area contributed by atoms with Crippen LogP contribution in [0.3, 0.4) is 0 Å². The summed E-state index contributed by atoms with van der Waals surface area (Å²) in [6.45, 7) is 5.25. The first kappa shape index (κ1) is 11.8. The molecule has 0 saturated heterocycles. The molecule has 0 saturated carbocycles. The summed E-state index contributed by atoms with van der Waals surface area (Å²) in [4.78, 5) is 16.4. The van der Waals surface area contributed by atoms with Crippen molar-refractivity contribution in [1.82, 2.24) is 0 Å². The van der Waals surface area contributed by atoms with E-state index in [0.717, 1.165) is 10.6 Å². The number of carbonyl (C=O) groups is 1.